The molecule has 6 saturated heterocycles. The molecule has 10 rings (SSSR count). The Hall–Kier alpha value is -10.00. The zero-order valence-corrected chi connectivity index (χ0v) is 61.6. The second kappa shape index (κ2) is 37.8. The Morgan fingerprint density at radius 1 is 0.532 bits per heavy atom. The van der Waals surface area contributed by atoms with Crippen LogP contribution in [0.3, 0.4) is 0 Å². The van der Waals surface area contributed by atoms with Crippen LogP contribution in [-0.4, -0.2) is 277 Å². The Labute approximate surface area is 636 Å². The van der Waals surface area contributed by atoms with Gasteiger partial charge < -0.3 is 132 Å². The van der Waals surface area contributed by atoms with E-state index in [1.54, 1.807) is 13.8 Å². The maximum Gasteiger partial charge on any atom is 0.411 e. The molecule has 111 heavy (non-hydrogen) atoms. The van der Waals surface area contributed by atoms with Crippen LogP contribution in [0.1, 0.15) is 105 Å². The summed E-state index contributed by atoms with van der Waals surface area (Å²) in [5.41, 5.74) is 1.26. The van der Waals surface area contributed by atoms with Crippen LogP contribution in [0.5, 0.6) is 34.5 Å². The van der Waals surface area contributed by atoms with Crippen molar-refractivity contribution in [1.29, 1.82) is 0 Å². The van der Waals surface area contributed by atoms with Crippen molar-refractivity contribution in [2.24, 2.45) is 0 Å². The first-order chi connectivity index (χ1) is 53.0. The van der Waals surface area contributed by atoms with E-state index < -0.39 is 153 Å². The van der Waals surface area contributed by atoms with E-state index in [4.69, 9.17) is 71.1 Å². The molecule has 0 spiro atoms. The van der Waals surface area contributed by atoms with Crippen molar-refractivity contribution >= 4 is 59.1 Å². The fraction of sp³-hybridized carbons (Fsp3) is 0.514. The third-order valence-corrected chi connectivity index (χ3v) is 18.5. The summed E-state index contributed by atoms with van der Waals surface area (Å²) >= 11 is 0. The molecule has 0 radical (unpaired) electrons. The van der Waals surface area contributed by atoms with Crippen LogP contribution in [0.4, 0.5) is 21.0 Å². The molecule has 6 aliphatic rings. The number of anilines is 2. The predicted octanol–water partition coefficient (Wildman–Crippen LogP) is 2.56. The normalized spacial score (nSPS) is 25.2. The number of carbonyl (C=O) groups excluding carboxylic acids is 6. The zero-order chi connectivity index (χ0) is 80.1. The fourth-order valence-corrected chi connectivity index (χ4v) is 12.9. The number of hydrogen-bond donors (Lipinski definition) is 12. The number of ether oxygens (including phenoxy) is 15. The number of carbonyl (C=O) groups is 8. The van der Waals surface area contributed by atoms with E-state index in [0.29, 0.717) is 51.9 Å². The number of carboxylic acid groups (broad SMARTS) is 2. The van der Waals surface area contributed by atoms with E-state index in [1.165, 1.54) is 91.8 Å². The van der Waals surface area contributed by atoms with Gasteiger partial charge in [0.1, 0.15) is 61.3 Å². The van der Waals surface area contributed by atoms with Crippen molar-refractivity contribution in [1.82, 2.24) is 20.4 Å². The molecule has 12 N–H and O–H groups in total. The highest BCUT2D eigenvalue weighted by molar-refractivity contribution is 6.05. The number of nitrogens with zero attached hydrogens (tertiary/aromatic N) is 2. The number of hydrogen-bond acceptors (Lipinski definition) is 29. The van der Waals surface area contributed by atoms with E-state index in [-0.39, 0.29) is 125 Å². The van der Waals surface area contributed by atoms with Gasteiger partial charge in [0.2, 0.25) is 12.6 Å². The minimum atomic E-state index is -2.02. The predicted molar refractivity (Wildman–Crippen MR) is 381 cm³/mol. The van der Waals surface area contributed by atoms with Crippen molar-refractivity contribution in [3.8, 4) is 34.5 Å². The lowest BCUT2D eigenvalue weighted by Gasteiger charge is -2.38. The van der Waals surface area contributed by atoms with E-state index >= 15 is 0 Å². The van der Waals surface area contributed by atoms with Crippen LogP contribution >= 0.6 is 0 Å². The second-order valence-electron chi connectivity index (χ2n) is 27.2. The maximum absolute atomic E-state index is 14.9. The molecule has 0 aliphatic carbocycles. The SMILES string of the molecule is C=C1CC(C2OCCO2)N(C(=O)c2cc(OC)c(OCCCCCOc3cc(NC(=O)OCc4ccc(O[C@@H]5O[C@H](C(=O)O)[C@@H](O)[C@H](O)[C@H]5O)c(C(=O)NC(C)C)c4)c(C(=O)N4CC(=C)C[C@H]4C4OCC(C)O4)cc3OC)cc2NC(=O)OCc2ccc(O[C@@H]3O[C@H](C(=O)O)[C@@H](O)[C@H](O)[C@H]3O)c(C(=O)NCCOC)c2)C1. The van der Waals surface area contributed by atoms with Gasteiger partial charge in [-0.2, -0.15) is 0 Å². The highest BCUT2D eigenvalue weighted by Crippen LogP contribution is 2.41. The monoisotopic (exact) mass is 1560 g/mol. The minimum absolute atomic E-state index is 0.0191. The van der Waals surface area contributed by atoms with Crippen LogP contribution in [-0.2, 0) is 65.4 Å². The molecule has 0 bridgehead atoms. The first-order valence-electron chi connectivity index (χ1n) is 35.6. The molecule has 604 valence electrons. The lowest BCUT2D eigenvalue weighted by molar-refractivity contribution is -0.271. The Morgan fingerprint density at radius 3 is 1.41 bits per heavy atom. The second-order valence-corrected chi connectivity index (χ2v) is 27.2. The Morgan fingerprint density at radius 2 is 0.991 bits per heavy atom. The summed E-state index contributed by atoms with van der Waals surface area (Å²) in [6.45, 7) is 13.8. The molecule has 4 aromatic carbocycles. The molecule has 3 unspecified atom stereocenters. The van der Waals surface area contributed by atoms with Gasteiger partial charge >= 0.3 is 24.1 Å². The number of benzene rings is 4. The quantitative estimate of drug-likeness (QED) is 0.0247. The first kappa shape index (κ1) is 83.5. The third-order valence-electron chi connectivity index (χ3n) is 18.5. The summed E-state index contributed by atoms with van der Waals surface area (Å²) in [6.07, 6.45) is -21.7. The minimum Gasteiger partial charge on any atom is -0.493 e. The summed E-state index contributed by atoms with van der Waals surface area (Å²) in [5, 5.41) is 92.6. The maximum atomic E-state index is 14.9. The van der Waals surface area contributed by atoms with Crippen LogP contribution in [0.2, 0.25) is 0 Å². The van der Waals surface area contributed by atoms with Gasteiger partial charge in [-0.05, 0) is 100 Å². The standard InChI is InChI=1S/C74H92N6O31/c1-35(2)76-64(88)44-25-40(13-15-50(44)109-72-60(86)56(82)58(84)62(111-72)68(93)94)34-106-74(96)78-46-29-54(52(99-8)27-42(46)66(90)80-31-37(4)23-48(80)70-104-32-38(5)107-70)101-18-11-9-10-17-100-53-28-45(41(26-51(53)98-7)65(89)79-30-36(3)22-47(79)69-102-20-21-103-69)77-73(95)105-33-39-12-14-49(43(24-39)63(87)75-16-19-97-6)108-71-59(85)55(81)57(83)61(110-71)67(91)92/h12-15,24-29,35,38,47-48,55-62,69-72,81-86H,3-4,9-11,16-23,30-34H2,1-2,5-8H3,(H,75,87)(H,76,88)(H,77,95)(H,78,96)(H,91,92)(H,93,94)/t38?,47?,48-,55-,56-,57-,58-,59+,60+,61-,62-,70?,71+,72+/m0/s1. The van der Waals surface area contributed by atoms with Crippen LogP contribution in [0.15, 0.2) is 85.0 Å². The van der Waals surface area contributed by atoms with Gasteiger partial charge in [-0.1, -0.05) is 36.4 Å². The Balaban J connectivity index is 0.831. The molecule has 6 fully saturated rings. The summed E-state index contributed by atoms with van der Waals surface area (Å²) in [6, 6.07) is 11.9. The molecular formula is C74H92N6O31. The molecule has 6 heterocycles. The number of unbranched alkanes of at least 4 members (excludes halogenated alkanes) is 2. The van der Waals surface area contributed by atoms with Gasteiger partial charge in [0, 0.05) is 44.9 Å². The molecule has 0 aromatic heterocycles. The van der Waals surface area contributed by atoms with Crippen LogP contribution in [0, 0.1) is 0 Å². The lowest BCUT2D eigenvalue weighted by atomic mass is 9.99. The fourth-order valence-electron chi connectivity index (χ4n) is 12.9. The smallest absolute Gasteiger partial charge is 0.411 e. The topological polar surface area (TPSA) is 491 Å². The average molecular weight is 1560 g/mol. The first-order valence-corrected chi connectivity index (χ1v) is 35.6. The number of aliphatic carboxylic acids is 2. The van der Waals surface area contributed by atoms with E-state index in [1.807, 2.05) is 6.92 Å². The number of rotatable bonds is 32. The largest absolute Gasteiger partial charge is 0.493 e. The van der Waals surface area contributed by atoms with Gasteiger partial charge in [-0.25, -0.2) is 19.2 Å². The van der Waals surface area contributed by atoms with Gasteiger partial charge in [-0.3, -0.25) is 29.8 Å². The molecule has 6 amide bonds. The van der Waals surface area contributed by atoms with Crippen molar-refractivity contribution in [3.05, 3.63) is 118 Å². The van der Waals surface area contributed by atoms with Crippen molar-refractivity contribution < 1.29 is 150 Å². The number of amides is 6. The number of aliphatic hydroxyl groups is 6. The molecule has 37 nitrogen and oxygen atoms in total. The molecule has 37 heteroatoms. The third kappa shape index (κ3) is 20.4. The van der Waals surface area contributed by atoms with Gasteiger partial charge in [0.15, 0.2) is 47.8 Å². The van der Waals surface area contributed by atoms with Crippen molar-refractivity contribution in [2.45, 2.75) is 164 Å². The lowest BCUT2D eigenvalue weighted by Crippen LogP contribution is -2.61. The number of methoxy groups -OCH3 is 3. The molecule has 6 aliphatic heterocycles. The number of aliphatic hydroxyl groups excluding tert-OH is 6. The summed E-state index contributed by atoms with van der Waals surface area (Å²) in [4.78, 5) is 112. The Bertz CT molecular complexity index is 4060. The zero-order valence-electron chi connectivity index (χ0n) is 61.6. The summed E-state index contributed by atoms with van der Waals surface area (Å²) in [5.74, 6) is -5.96. The van der Waals surface area contributed by atoms with Gasteiger partial charge in [0.25, 0.3) is 23.6 Å². The number of carboxylic acids is 2. The Kier molecular flexibility index (Phi) is 28.4. The molecule has 14 atom stereocenters. The molecule has 0 saturated carbocycles. The van der Waals surface area contributed by atoms with Crippen LogP contribution < -0.4 is 49.7 Å². The van der Waals surface area contributed by atoms with Crippen LogP contribution in [0.25, 0.3) is 0 Å². The average Bonchev–Trinajstić information content (AvgIpc) is 1.76. The molecular weight excluding hydrogens is 1470 g/mol. The van der Waals surface area contributed by atoms with Crippen molar-refractivity contribution in [2.75, 3.05) is 91.2 Å². The van der Waals surface area contributed by atoms with E-state index in [2.05, 4.69) is 34.4 Å². The highest BCUT2D eigenvalue weighted by Gasteiger charge is 2.51. The van der Waals surface area contributed by atoms with Crippen molar-refractivity contribution in [3.63, 3.8) is 0 Å². The summed E-state index contributed by atoms with van der Waals surface area (Å²) < 4.78 is 86.2. The van der Waals surface area contributed by atoms with E-state index in [0.717, 1.165) is 11.1 Å². The van der Waals surface area contributed by atoms with E-state index in [9.17, 15) is 79.2 Å². The highest BCUT2D eigenvalue weighted by atomic mass is 16.7. The van der Waals surface area contributed by atoms with Gasteiger partial charge in [0.05, 0.1) is 106 Å². The van der Waals surface area contributed by atoms with Gasteiger partial charge in [-0.15, -0.1) is 0 Å². The number of nitrogens with one attached hydrogen (secondary N) is 4. The number of likely N-dealkylation sites (tertiary alicyclic amines) is 2. The molecule has 4 aromatic rings. The summed E-state index contributed by atoms with van der Waals surface area (Å²) in [7, 11) is 4.14.